The molecule has 5 nitrogen and oxygen atoms in total. The number of benzene rings is 2. The minimum Gasteiger partial charge on any atom is -0.322 e. The molecule has 1 amide bonds. The summed E-state index contributed by atoms with van der Waals surface area (Å²) in [5, 5.41) is 3.08. The molecular weight excluding hydrogens is 396 g/mol. The molecule has 2 aromatic heterocycles. The SMILES string of the molecule is Cc1ccc(C(=O)Nc2ccccc2C(C)C)cc1Cc1ncccc1-c1ccncn1. The normalized spacial score (nSPS) is 10.9. The molecule has 4 rings (SSSR count). The van der Waals surface area contributed by atoms with Gasteiger partial charge in [0.2, 0.25) is 0 Å². The second-order valence-electron chi connectivity index (χ2n) is 8.11. The molecule has 0 atom stereocenters. The van der Waals surface area contributed by atoms with Gasteiger partial charge in [-0.3, -0.25) is 9.78 Å². The first-order valence-corrected chi connectivity index (χ1v) is 10.7. The van der Waals surface area contributed by atoms with Crippen LogP contribution < -0.4 is 5.32 Å². The number of carbonyl (C=O) groups excluding carboxylic acids is 1. The van der Waals surface area contributed by atoms with Gasteiger partial charge in [0.1, 0.15) is 6.33 Å². The van der Waals surface area contributed by atoms with E-state index in [4.69, 9.17) is 0 Å². The van der Waals surface area contributed by atoms with E-state index in [0.717, 1.165) is 39.3 Å². The Kier molecular flexibility index (Phi) is 6.36. The number of anilines is 1. The molecule has 0 unspecified atom stereocenters. The summed E-state index contributed by atoms with van der Waals surface area (Å²) in [6.07, 6.45) is 5.66. The van der Waals surface area contributed by atoms with Gasteiger partial charge in [-0.2, -0.15) is 0 Å². The van der Waals surface area contributed by atoms with Crippen LogP contribution in [0.2, 0.25) is 0 Å². The fourth-order valence-electron chi connectivity index (χ4n) is 3.75. The van der Waals surface area contributed by atoms with E-state index in [2.05, 4.69) is 47.1 Å². The Labute approximate surface area is 188 Å². The van der Waals surface area contributed by atoms with Crippen LogP contribution in [-0.2, 0) is 6.42 Å². The molecule has 1 N–H and O–H groups in total. The van der Waals surface area contributed by atoms with Crippen LogP contribution in [0.1, 0.15) is 52.5 Å². The first-order valence-electron chi connectivity index (χ1n) is 10.7. The van der Waals surface area contributed by atoms with E-state index < -0.39 is 0 Å². The molecule has 160 valence electrons. The number of aromatic nitrogens is 3. The van der Waals surface area contributed by atoms with Crippen molar-refractivity contribution in [1.82, 2.24) is 15.0 Å². The molecule has 0 saturated carbocycles. The molecule has 0 aliphatic carbocycles. The molecule has 2 aromatic carbocycles. The number of para-hydroxylation sites is 1. The lowest BCUT2D eigenvalue weighted by molar-refractivity contribution is 0.102. The fraction of sp³-hybridized carbons (Fsp3) is 0.185. The van der Waals surface area contributed by atoms with Crippen LogP contribution in [0.4, 0.5) is 5.69 Å². The van der Waals surface area contributed by atoms with Crippen molar-refractivity contribution in [3.05, 3.63) is 107 Å². The van der Waals surface area contributed by atoms with Crippen molar-refractivity contribution < 1.29 is 4.79 Å². The highest BCUT2D eigenvalue weighted by Gasteiger charge is 2.14. The highest BCUT2D eigenvalue weighted by atomic mass is 16.1. The highest BCUT2D eigenvalue weighted by molar-refractivity contribution is 6.04. The summed E-state index contributed by atoms with van der Waals surface area (Å²) in [7, 11) is 0. The highest BCUT2D eigenvalue weighted by Crippen LogP contribution is 2.26. The quantitative estimate of drug-likeness (QED) is 0.425. The number of hydrogen-bond donors (Lipinski definition) is 1. The molecule has 0 saturated heterocycles. The average Bonchev–Trinajstić information content (AvgIpc) is 2.81. The first kappa shape index (κ1) is 21.4. The summed E-state index contributed by atoms with van der Waals surface area (Å²) < 4.78 is 0. The summed E-state index contributed by atoms with van der Waals surface area (Å²) in [6, 6.07) is 19.6. The fourth-order valence-corrected chi connectivity index (χ4v) is 3.75. The zero-order valence-electron chi connectivity index (χ0n) is 18.5. The summed E-state index contributed by atoms with van der Waals surface area (Å²) >= 11 is 0. The third kappa shape index (κ3) is 4.72. The Balaban J connectivity index is 1.62. The van der Waals surface area contributed by atoms with Gasteiger partial charge in [-0.25, -0.2) is 9.97 Å². The van der Waals surface area contributed by atoms with Gasteiger partial charge >= 0.3 is 0 Å². The zero-order chi connectivity index (χ0) is 22.5. The maximum absolute atomic E-state index is 13.0. The summed E-state index contributed by atoms with van der Waals surface area (Å²) in [6.45, 7) is 6.30. The predicted octanol–water partition coefficient (Wildman–Crippen LogP) is 5.81. The number of aryl methyl sites for hydroxylation is 1. The van der Waals surface area contributed by atoms with Crippen LogP contribution in [0.15, 0.2) is 79.4 Å². The van der Waals surface area contributed by atoms with Crippen molar-refractivity contribution in [3.8, 4) is 11.3 Å². The monoisotopic (exact) mass is 422 g/mol. The van der Waals surface area contributed by atoms with Crippen LogP contribution in [-0.4, -0.2) is 20.9 Å². The van der Waals surface area contributed by atoms with Crippen molar-refractivity contribution in [2.45, 2.75) is 33.1 Å². The number of nitrogens with one attached hydrogen (secondary N) is 1. The van der Waals surface area contributed by atoms with Crippen molar-refractivity contribution in [2.75, 3.05) is 5.32 Å². The van der Waals surface area contributed by atoms with Crippen molar-refractivity contribution in [2.24, 2.45) is 0 Å². The molecular formula is C27H26N4O. The third-order valence-corrected chi connectivity index (χ3v) is 5.55. The lowest BCUT2D eigenvalue weighted by Crippen LogP contribution is -2.14. The number of carbonyl (C=O) groups is 1. The van der Waals surface area contributed by atoms with E-state index in [1.807, 2.05) is 54.6 Å². The molecule has 0 fully saturated rings. The van der Waals surface area contributed by atoms with Crippen LogP contribution in [0.25, 0.3) is 11.3 Å². The maximum atomic E-state index is 13.0. The molecule has 5 heteroatoms. The van der Waals surface area contributed by atoms with Gasteiger partial charge < -0.3 is 5.32 Å². The Morgan fingerprint density at radius 3 is 2.59 bits per heavy atom. The van der Waals surface area contributed by atoms with E-state index in [1.165, 1.54) is 6.33 Å². The molecule has 0 radical (unpaired) electrons. The Morgan fingerprint density at radius 2 is 1.81 bits per heavy atom. The summed E-state index contributed by atoms with van der Waals surface area (Å²) in [5.74, 6) is 0.209. The van der Waals surface area contributed by atoms with Crippen molar-refractivity contribution >= 4 is 11.6 Å². The predicted molar refractivity (Wildman–Crippen MR) is 128 cm³/mol. The number of pyridine rings is 1. The second kappa shape index (κ2) is 9.52. The van der Waals surface area contributed by atoms with Gasteiger partial charge in [0.05, 0.1) is 11.4 Å². The number of rotatable bonds is 6. The van der Waals surface area contributed by atoms with Crippen LogP contribution in [0.5, 0.6) is 0 Å². The lowest BCUT2D eigenvalue weighted by Gasteiger charge is -2.15. The number of hydrogen-bond acceptors (Lipinski definition) is 4. The maximum Gasteiger partial charge on any atom is 0.255 e. The van der Waals surface area contributed by atoms with Crippen molar-refractivity contribution in [3.63, 3.8) is 0 Å². The minimum absolute atomic E-state index is 0.114. The van der Waals surface area contributed by atoms with E-state index in [9.17, 15) is 4.79 Å². The third-order valence-electron chi connectivity index (χ3n) is 5.55. The Bertz CT molecular complexity index is 1240. The second-order valence-corrected chi connectivity index (χ2v) is 8.11. The Hall–Kier alpha value is -3.86. The standard InChI is InChI=1S/C27H26N4O/c1-18(2)22-7-4-5-9-25(22)31-27(32)20-11-10-19(3)21(15-20)16-26-23(8-6-13-29-26)24-12-14-28-17-30-24/h4-15,17-18H,16H2,1-3H3,(H,31,32). The number of amides is 1. The van der Waals surface area contributed by atoms with Gasteiger partial charge in [-0.05, 0) is 65.9 Å². The summed E-state index contributed by atoms with van der Waals surface area (Å²) in [5.41, 5.74) is 7.49. The topological polar surface area (TPSA) is 67.8 Å². The molecule has 0 aliphatic rings. The van der Waals surface area contributed by atoms with E-state index in [0.29, 0.717) is 17.9 Å². The Morgan fingerprint density at radius 1 is 0.969 bits per heavy atom. The molecule has 0 bridgehead atoms. The van der Waals surface area contributed by atoms with Gasteiger partial charge in [-0.15, -0.1) is 0 Å². The van der Waals surface area contributed by atoms with Crippen LogP contribution >= 0.6 is 0 Å². The molecule has 0 aliphatic heterocycles. The van der Waals surface area contributed by atoms with Crippen molar-refractivity contribution in [1.29, 1.82) is 0 Å². The largest absolute Gasteiger partial charge is 0.322 e. The molecule has 32 heavy (non-hydrogen) atoms. The van der Waals surface area contributed by atoms with Crippen LogP contribution in [0.3, 0.4) is 0 Å². The lowest BCUT2D eigenvalue weighted by atomic mass is 9.97. The van der Waals surface area contributed by atoms with E-state index >= 15 is 0 Å². The van der Waals surface area contributed by atoms with Gasteiger partial charge in [0.15, 0.2) is 0 Å². The molecule has 0 spiro atoms. The van der Waals surface area contributed by atoms with Gasteiger partial charge in [0, 0.05) is 35.6 Å². The molecule has 4 aromatic rings. The van der Waals surface area contributed by atoms with Crippen LogP contribution in [0, 0.1) is 6.92 Å². The minimum atomic E-state index is -0.114. The smallest absolute Gasteiger partial charge is 0.255 e. The molecule has 2 heterocycles. The number of nitrogens with zero attached hydrogens (tertiary/aromatic N) is 3. The average molecular weight is 423 g/mol. The van der Waals surface area contributed by atoms with E-state index in [1.54, 1.807) is 12.4 Å². The van der Waals surface area contributed by atoms with E-state index in [-0.39, 0.29) is 5.91 Å². The van der Waals surface area contributed by atoms with Gasteiger partial charge in [-0.1, -0.05) is 38.1 Å². The summed E-state index contributed by atoms with van der Waals surface area (Å²) in [4.78, 5) is 26.0. The zero-order valence-corrected chi connectivity index (χ0v) is 18.5. The first-order chi connectivity index (χ1) is 15.5. The van der Waals surface area contributed by atoms with Gasteiger partial charge in [0.25, 0.3) is 5.91 Å².